The average Bonchev–Trinajstić information content (AvgIpc) is 3.02. The van der Waals surface area contributed by atoms with Crippen molar-refractivity contribution in [1.82, 2.24) is 10.2 Å². The Labute approximate surface area is 88.1 Å². The molecule has 0 bridgehead atoms. The van der Waals surface area contributed by atoms with Crippen molar-refractivity contribution in [3.63, 3.8) is 0 Å². The summed E-state index contributed by atoms with van der Waals surface area (Å²) in [6.07, 6.45) is 6.86. The van der Waals surface area contributed by atoms with E-state index >= 15 is 0 Å². The number of likely N-dealkylation sites (tertiary alicyclic amines) is 1. The molecule has 14 heavy (non-hydrogen) atoms. The largest absolute Gasteiger partial charge is 0.311 e. The fraction of sp³-hybridized carbons (Fsp3) is 1.00. The molecule has 2 rings (SSSR count). The van der Waals surface area contributed by atoms with E-state index in [4.69, 9.17) is 0 Å². The Balaban J connectivity index is 1.68. The molecule has 1 aliphatic carbocycles. The van der Waals surface area contributed by atoms with Crippen molar-refractivity contribution in [1.29, 1.82) is 0 Å². The number of nitrogens with one attached hydrogen (secondary N) is 1. The van der Waals surface area contributed by atoms with Crippen LogP contribution in [0.15, 0.2) is 0 Å². The summed E-state index contributed by atoms with van der Waals surface area (Å²) in [6, 6.07) is 2.50. The molecule has 0 aromatic carbocycles. The molecule has 1 N–H and O–H groups in total. The van der Waals surface area contributed by atoms with E-state index in [1.165, 1.54) is 45.2 Å². The van der Waals surface area contributed by atoms with Gasteiger partial charge in [-0.15, -0.1) is 0 Å². The summed E-state index contributed by atoms with van der Waals surface area (Å²) in [6.45, 7) is 7.26. The highest BCUT2D eigenvalue weighted by atomic mass is 15.2. The molecule has 1 saturated heterocycles. The van der Waals surface area contributed by atoms with Crippen molar-refractivity contribution in [2.24, 2.45) is 0 Å². The van der Waals surface area contributed by atoms with Crippen LogP contribution in [-0.4, -0.2) is 36.1 Å². The third-order valence-electron chi connectivity index (χ3n) is 3.79. The maximum Gasteiger partial charge on any atom is 0.00940 e. The third-order valence-corrected chi connectivity index (χ3v) is 3.79. The fourth-order valence-corrected chi connectivity index (χ4v) is 2.35. The van der Waals surface area contributed by atoms with Gasteiger partial charge in [-0.2, -0.15) is 0 Å². The maximum atomic E-state index is 3.74. The summed E-state index contributed by atoms with van der Waals surface area (Å²) in [5, 5.41) is 3.74. The van der Waals surface area contributed by atoms with Gasteiger partial charge in [0.05, 0.1) is 0 Å². The van der Waals surface area contributed by atoms with E-state index in [0.717, 1.165) is 18.1 Å². The van der Waals surface area contributed by atoms with Crippen molar-refractivity contribution >= 4 is 0 Å². The Morgan fingerprint density at radius 2 is 1.71 bits per heavy atom. The van der Waals surface area contributed by atoms with Gasteiger partial charge in [-0.05, 0) is 52.1 Å². The van der Waals surface area contributed by atoms with Gasteiger partial charge in [0.15, 0.2) is 0 Å². The summed E-state index contributed by atoms with van der Waals surface area (Å²) >= 11 is 0. The Kier molecular flexibility index (Phi) is 3.45. The van der Waals surface area contributed by atoms with E-state index < -0.39 is 0 Å². The van der Waals surface area contributed by atoms with Crippen LogP contribution in [0.3, 0.4) is 0 Å². The predicted octanol–water partition coefficient (Wildman–Crippen LogP) is 2.00. The molecule has 0 radical (unpaired) electrons. The Morgan fingerprint density at radius 1 is 1.14 bits per heavy atom. The lowest BCUT2D eigenvalue weighted by atomic mass is 10.0. The average molecular weight is 196 g/mol. The van der Waals surface area contributed by atoms with Crippen LogP contribution in [0, 0.1) is 0 Å². The van der Waals surface area contributed by atoms with E-state index in [1.54, 1.807) is 0 Å². The van der Waals surface area contributed by atoms with Crippen LogP contribution in [0.4, 0.5) is 0 Å². The van der Waals surface area contributed by atoms with Gasteiger partial charge in [0.2, 0.25) is 0 Å². The van der Waals surface area contributed by atoms with Crippen molar-refractivity contribution in [2.75, 3.05) is 13.1 Å². The molecule has 1 saturated carbocycles. The lowest BCUT2D eigenvalue weighted by Crippen LogP contribution is -2.46. The molecule has 0 aromatic rings. The lowest BCUT2D eigenvalue weighted by molar-refractivity contribution is 0.148. The first-order valence-electron chi connectivity index (χ1n) is 6.29. The first-order chi connectivity index (χ1) is 6.79. The van der Waals surface area contributed by atoms with Gasteiger partial charge in [-0.25, -0.2) is 0 Å². The normalized spacial score (nSPS) is 27.9. The van der Waals surface area contributed by atoms with Crippen LogP contribution in [0.25, 0.3) is 0 Å². The van der Waals surface area contributed by atoms with Crippen LogP contribution < -0.4 is 5.32 Å². The first-order valence-corrected chi connectivity index (χ1v) is 6.29. The number of hydrogen-bond donors (Lipinski definition) is 1. The SMILES string of the molecule is CCC(C)N1CCC(NC2CC2)CC1. The molecule has 2 heteroatoms. The Morgan fingerprint density at radius 3 is 2.21 bits per heavy atom. The van der Waals surface area contributed by atoms with Crippen LogP contribution in [0.1, 0.15) is 46.0 Å². The van der Waals surface area contributed by atoms with Crippen LogP contribution in [0.5, 0.6) is 0 Å². The molecule has 0 aromatic heterocycles. The standard InChI is InChI=1S/C12H24N2/c1-3-10(2)14-8-6-12(7-9-14)13-11-4-5-11/h10-13H,3-9H2,1-2H3. The minimum atomic E-state index is 0.789. The molecule has 1 heterocycles. The lowest BCUT2D eigenvalue weighted by Gasteiger charge is -2.36. The zero-order valence-electron chi connectivity index (χ0n) is 9.63. The molecule has 0 amide bonds. The molecule has 82 valence electrons. The van der Waals surface area contributed by atoms with Crippen LogP contribution in [-0.2, 0) is 0 Å². The fourth-order valence-electron chi connectivity index (χ4n) is 2.35. The maximum absolute atomic E-state index is 3.74. The summed E-state index contributed by atoms with van der Waals surface area (Å²) in [4.78, 5) is 2.64. The van der Waals surface area contributed by atoms with Crippen molar-refractivity contribution in [2.45, 2.75) is 64.1 Å². The predicted molar refractivity (Wildman–Crippen MR) is 60.5 cm³/mol. The molecule has 2 nitrogen and oxygen atoms in total. The zero-order chi connectivity index (χ0) is 9.97. The van der Waals surface area contributed by atoms with Gasteiger partial charge in [0.1, 0.15) is 0 Å². The number of hydrogen-bond acceptors (Lipinski definition) is 2. The van der Waals surface area contributed by atoms with E-state index in [-0.39, 0.29) is 0 Å². The molecule has 2 fully saturated rings. The number of nitrogens with zero attached hydrogens (tertiary/aromatic N) is 1. The van der Waals surface area contributed by atoms with Crippen molar-refractivity contribution in [3.8, 4) is 0 Å². The Bertz CT molecular complexity index is 169. The summed E-state index contributed by atoms with van der Waals surface area (Å²) in [7, 11) is 0. The van der Waals surface area contributed by atoms with E-state index in [2.05, 4.69) is 24.1 Å². The second kappa shape index (κ2) is 4.63. The number of piperidine rings is 1. The van der Waals surface area contributed by atoms with Gasteiger partial charge in [-0.3, -0.25) is 0 Å². The summed E-state index contributed by atoms with van der Waals surface area (Å²) in [5.41, 5.74) is 0. The summed E-state index contributed by atoms with van der Waals surface area (Å²) in [5.74, 6) is 0. The number of rotatable bonds is 4. The molecule has 0 spiro atoms. The topological polar surface area (TPSA) is 15.3 Å². The quantitative estimate of drug-likeness (QED) is 0.740. The highest BCUT2D eigenvalue weighted by Crippen LogP contribution is 2.22. The molecular weight excluding hydrogens is 172 g/mol. The highest BCUT2D eigenvalue weighted by molar-refractivity contribution is 4.88. The monoisotopic (exact) mass is 196 g/mol. The minimum Gasteiger partial charge on any atom is -0.311 e. The Hall–Kier alpha value is -0.0800. The van der Waals surface area contributed by atoms with Gasteiger partial charge in [-0.1, -0.05) is 6.92 Å². The van der Waals surface area contributed by atoms with Crippen molar-refractivity contribution < 1.29 is 0 Å². The van der Waals surface area contributed by atoms with E-state index in [0.29, 0.717) is 0 Å². The summed E-state index contributed by atoms with van der Waals surface area (Å²) < 4.78 is 0. The van der Waals surface area contributed by atoms with Gasteiger partial charge < -0.3 is 10.2 Å². The minimum absolute atomic E-state index is 0.789. The highest BCUT2D eigenvalue weighted by Gasteiger charge is 2.27. The smallest absolute Gasteiger partial charge is 0.00940 e. The van der Waals surface area contributed by atoms with Crippen LogP contribution in [0.2, 0.25) is 0 Å². The molecule has 2 aliphatic rings. The van der Waals surface area contributed by atoms with Crippen LogP contribution >= 0.6 is 0 Å². The molecule has 1 atom stereocenters. The van der Waals surface area contributed by atoms with Crippen molar-refractivity contribution in [3.05, 3.63) is 0 Å². The molecular formula is C12H24N2. The van der Waals surface area contributed by atoms with Gasteiger partial charge in [0.25, 0.3) is 0 Å². The molecule has 1 aliphatic heterocycles. The second-order valence-electron chi connectivity index (χ2n) is 5.01. The second-order valence-corrected chi connectivity index (χ2v) is 5.01. The first kappa shape index (κ1) is 10.4. The third kappa shape index (κ3) is 2.71. The van der Waals surface area contributed by atoms with Gasteiger partial charge in [0, 0.05) is 18.1 Å². The molecule has 1 unspecified atom stereocenters. The van der Waals surface area contributed by atoms with E-state index in [9.17, 15) is 0 Å². The zero-order valence-corrected chi connectivity index (χ0v) is 9.63. The van der Waals surface area contributed by atoms with Gasteiger partial charge >= 0.3 is 0 Å². The van der Waals surface area contributed by atoms with E-state index in [1.807, 2.05) is 0 Å².